The summed E-state index contributed by atoms with van der Waals surface area (Å²) in [5.74, 6) is 0.219. The van der Waals surface area contributed by atoms with Gasteiger partial charge in [-0.25, -0.2) is 9.50 Å². The van der Waals surface area contributed by atoms with E-state index >= 15 is 0 Å². The fourth-order valence-electron chi connectivity index (χ4n) is 5.31. The van der Waals surface area contributed by atoms with Crippen molar-refractivity contribution in [2.45, 2.75) is 39.7 Å². The van der Waals surface area contributed by atoms with E-state index in [1.54, 1.807) is 0 Å². The van der Waals surface area contributed by atoms with Crippen LogP contribution in [0.2, 0.25) is 0 Å². The molecular weight excluding hydrogens is 434 g/mol. The third-order valence-electron chi connectivity index (χ3n) is 7.14. The summed E-state index contributed by atoms with van der Waals surface area (Å²) in [6, 6.07) is 23.5. The molecule has 180 valence electrons. The summed E-state index contributed by atoms with van der Waals surface area (Å²) >= 11 is 0. The molecule has 5 rings (SSSR count). The molecule has 0 aliphatic carbocycles. The smallest absolute Gasteiger partial charge is 0.222 e. The van der Waals surface area contributed by atoms with Crippen LogP contribution in [0.3, 0.4) is 0 Å². The van der Waals surface area contributed by atoms with E-state index in [0.29, 0.717) is 12.8 Å². The first-order valence-electron chi connectivity index (χ1n) is 12.5. The number of hydrogen-bond acceptors (Lipinski definition) is 4. The molecule has 6 nitrogen and oxygen atoms in total. The van der Waals surface area contributed by atoms with Crippen LogP contribution in [0.5, 0.6) is 0 Å². The van der Waals surface area contributed by atoms with Crippen molar-refractivity contribution in [2.75, 3.05) is 26.2 Å². The first kappa shape index (κ1) is 23.2. The number of piperazine rings is 1. The van der Waals surface area contributed by atoms with Crippen LogP contribution in [0.1, 0.15) is 46.2 Å². The summed E-state index contributed by atoms with van der Waals surface area (Å²) in [6.07, 6.45) is 1.19. The van der Waals surface area contributed by atoms with Crippen molar-refractivity contribution in [1.82, 2.24) is 24.4 Å². The molecule has 0 saturated carbocycles. The zero-order valence-corrected chi connectivity index (χ0v) is 20.8. The number of aromatic nitrogens is 3. The van der Waals surface area contributed by atoms with Gasteiger partial charge >= 0.3 is 0 Å². The van der Waals surface area contributed by atoms with E-state index in [0.717, 1.165) is 54.5 Å². The summed E-state index contributed by atoms with van der Waals surface area (Å²) in [7, 11) is 0. The third-order valence-corrected chi connectivity index (χ3v) is 7.14. The molecule has 0 spiro atoms. The molecule has 0 N–H and O–H groups in total. The van der Waals surface area contributed by atoms with Crippen LogP contribution in [0.25, 0.3) is 5.65 Å². The summed E-state index contributed by atoms with van der Waals surface area (Å²) in [6.45, 7) is 9.30. The molecule has 1 aliphatic heterocycles. The second-order valence-corrected chi connectivity index (χ2v) is 9.46. The van der Waals surface area contributed by atoms with E-state index < -0.39 is 0 Å². The van der Waals surface area contributed by atoms with Crippen LogP contribution in [-0.2, 0) is 11.2 Å². The molecule has 35 heavy (non-hydrogen) atoms. The molecule has 6 heteroatoms. The van der Waals surface area contributed by atoms with Crippen molar-refractivity contribution in [3.63, 3.8) is 0 Å². The Kier molecular flexibility index (Phi) is 6.64. The molecule has 0 radical (unpaired) electrons. The SMILES string of the molecule is Cc1cc2nc(C)c(CCC(=O)N3CCN(C(c4ccccc4)c4ccccc4)CC3)c(C)n2n1. The molecular formula is C29H33N5O. The Bertz CT molecular complexity index is 1270. The number of aryl methyl sites for hydroxylation is 3. The Morgan fingerprint density at radius 1 is 0.886 bits per heavy atom. The van der Waals surface area contributed by atoms with Gasteiger partial charge < -0.3 is 4.90 Å². The number of carbonyl (C=O) groups is 1. The largest absolute Gasteiger partial charge is 0.340 e. The highest BCUT2D eigenvalue weighted by molar-refractivity contribution is 5.76. The zero-order valence-electron chi connectivity index (χ0n) is 20.8. The predicted octanol–water partition coefficient (Wildman–Crippen LogP) is 4.52. The summed E-state index contributed by atoms with van der Waals surface area (Å²) in [5, 5.41) is 4.56. The topological polar surface area (TPSA) is 53.7 Å². The molecule has 2 aromatic heterocycles. The number of nitrogens with zero attached hydrogens (tertiary/aromatic N) is 5. The zero-order chi connectivity index (χ0) is 24.4. The van der Waals surface area contributed by atoms with Gasteiger partial charge in [-0.2, -0.15) is 5.10 Å². The Balaban J connectivity index is 1.25. The van der Waals surface area contributed by atoms with E-state index in [1.807, 2.05) is 29.3 Å². The second kappa shape index (κ2) is 10.0. The maximum Gasteiger partial charge on any atom is 0.222 e. The lowest BCUT2D eigenvalue weighted by Gasteiger charge is -2.40. The molecule has 2 aromatic carbocycles. The van der Waals surface area contributed by atoms with E-state index in [1.165, 1.54) is 11.1 Å². The standard InChI is InChI=1S/C29H33N5O/c1-21-20-27-30-22(2)26(23(3)34(27)31-21)14-15-28(35)32-16-18-33(19-17-32)29(24-10-6-4-7-11-24)25-12-8-5-9-13-25/h4-13,20,29H,14-19H2,1-3H3. The van der Waals surface area contributed by atoms with E-state index in [-0.39, 0.29) is 11.9 Å². The molecule has 3 heterocycles. The van der Waals surface area contributed by atoms with E-state index in [9.17, 15) is 4.79 Å². The van der Waals surface area contributed by atoms with Gasteiger partial charge in [0.05, 0.1) is 11.7 Å². The molecule has 0 bridgehead atoms. The lowest BCUT2D eigenvalue weighted by molar-refractivity contribution is -0.133. The highest BCUT2D eigenvalue weighted by Crippen LogP contribution is 2.29. The Hall–Kier alpha value is -3.51. The first-order valence-corrected chi connectivity index (χ1v) is 12.5. The van der Waals surface area contributed by atoms with Crippen LogP contribution in [0, 0.1) is 20.8 Å². The van der Waals surface area contributed by atoms with Crippen LogP contribution in [0.15, 0.2) is 66.7 Å². The van der Waals surface area contributed by atoms with Gasteiger partial charge in [-0.15, -0.1) is 0 Å². The lowest BCUT2D eigenvalue weighted by atomic mass is 9.96. The normalized spacial score (nSPS) is 14.7. The summed E-state index contributed by atoms with van der Waals surface area (Å²) < 4.78 is 1.90. The number of benzene rings is 2. The van der Waals surface area contributed by atoms with Gasteiger partial charge in [-0.1, -0.05) is 60.7 Å². The molecule has 1 fully saturated rings. The van der Waals surface area contributed by atoms with Gasteiger partial charge in [0.1, 0.15) is 0 Å². The number of hydrogen-bond donors (Lipinski definition) is 0. The predicted molar refractivity (Wildman–Crippen MR) is 138 cm³/mol. The van der Waals surface area contributed by atoms with E-state index in [2.05, 4.69) is 77.6 Å². The lowest BCUT2D eigenvalue weighted by Crippen LogP contribution is -2.49. The minimum Gasteiger partial charge on any atom is -0.340 e. The van der Waals surface area contributed by atoms with Gasteiger partial charge in [0.25, 0.3) is 0 Å². The Labute approximate surface area is 207 Å². The van der Waals surface area contributed by atoms with E-state index in [4.69, 9.17) is 4.98 Å². The molecule has 1 amide bonds. The van der Waals surface area contributed by atoms with Crippen LogP contribution in [0.4, 0.5) is 0 Å². The van der Waals surface area contributed by atoms with Crippen molar-refractivity contribution >= 4 is 11.6 Å². The van der Waals surface area contributed by atoms with Crippen molar-refractivity contribution in [3.8, 4) is 0 Å². The molecule has 4 aromatic rings. The first-order chi connectivity index (χ1) is 17.0. The number of rotatable bonds is 6. The highest BCUT2D eigenvalue weighted by Gasteiger charge is 2.28. The minimum atomic E-state index is 0.204. The highest BCUT2D eigenvalue weighted by atomic mass is 16.2. The molecule has 1 saturated heterocycles. The van der Waals surface area contributed by atoms with Crippen molar-refractivity contribution in [3.05, 3.63) is 101 Å². The van der Waals surface area contributed by atoms with Crippen molar-refractivity contribution < 1.29 is 4.79 Å². The average molecular weight is 468 g/mol. The van der Waals surface area contributed by atoms with Crippen molar-refractivity contribution in [2.24, 2.45) is 0 Å². The number of amides is 1. The summed E-state index contributed by atoms with van der Waals surface area (Å²) in [5.41, 5.74) is 7.60. The van der Waals surface area contributed by atoms with Gasteiger partial charge in [0.2, 0.25) is 5.91 Å². The maximum absolute atomic E-state index is 13.1. The molecule has 0 atom stereocenters. The van der Waals surface area contributed by atoms with Gasteiger partial charge in [-0.3, -0.25) is 9.69 Å². The summed E-state index contributed by atoms with van der Waals surface area (Å²) in [4.78, 5) is 22.4. The van der Waals surface area contributed by atoms with Gasteiger partial charge in [-0.05, 0) is 43.9 Å². The Morgan fingerprint density at radius 2 is 1.49 bits per heavy atom. The minimum absolute atomic E-state index is 0.204. The van der Waals surface area contributed by atoms with Gasteiger partial charge in [0, 0.05) is 50.1 Å². The fraction of sp³-hybridized carbons (Fsp3) is 0.345. The second-order valence-electron chi connectivity index (χ2n) is 9.46. The Morgan fingerprint density at radius 3 is 2.09 bits per heavy atom. The average Bonchev–Trinajstić information content (AvgIpc) is 3.26. The number of carbonyl (C=O) groups excluding carboxylic acids is 1. The maximum atomic E-state index is 13.1. The van der Waals surface area contributed by atoms with Crippen molar-refractivity contribution in [1.29, 1.82) is 0 Å². The van der Waals surface area contributed by atoms with Crippen LogP contribution >= 0.6 is 0 Å². The number of fused-ring (bicyclic) bond motifs is 1. The third kappa shape index (κ3) is 4.84. The van der Waals surface area contributed by atoms with Crippen LogP contribution in [-0.4, -0.2) is 56.5 Å². The quantitative estimate of drug-likeness (QED) is 0.418. The molecule has 0 unspecified atom stereocenters. The molecule has 1 aliphatic rings. The fourth-order valence-corrected chi connectivity index (χ4v) is 5.31. The monoisotopic (exact) mass is 467 g/mol. The van der Waals surface area contributed by atoms with Crippen LogP contribution < -0.4 is 0 Å². The van der Waals surface area contributed by atoms with Gasteiger partial charge in [0.15, 0.2) is 5.65 Å².